The van der Waals surface area contributed by atoms with Crippen LogP contribution in [0.3, 0.4) is 0 Å². The van der Waals surface area contributed by atoms with Crippen LogP contribution in [0.1, 0.15) is 16.1 Å². The number of halogens is 1. The number of carbonyl (C=O) groups is 1. The SMILES string of the molecule is O=C(NCCn1cc(-c2ccccc2)nn1)c1nn(Cc2ccc(Cl)cc2)c2ccccc12. The summed E-state index contributed by atoms with van der Waals surface area (Å²) in [5.74, 6) is -0.218. The van der Waals surface area contributed by atoms with E-state index in [2.05, 4.69) is 20.7 Å². The summed E-state index contributed by atoms with van der Waals surface area (Å²) in [7, 11) is 0. The molecule has 8 heteroatoms. The highest BCUT2D eigenvalue weighted by Gasteiger charge is 2.17. The zero-order valence-corrected chi connectivity index (χ0v) is 18.5. The number of para-hydroxylation sites is 1. The highest BCUT2D eigenvalue weighted by Crippen LogP contribution is 2.20. The summed E-state index contributed by atoms with van der Waals surface area (Å²) in [5, 5.41) is 17.4. The summed E-state index contributed by atoms with van der Waals surface area (Å²) < 4.78 is 3.57. The number of amides is 1. The molecule has 0 saturated heterocycles. The van der Waals surface area contributed by atoms with Crippen molar-refractivity contribution in [1.82, 2.24) is 30.1 Å². The molecule has 0 aliphatic carbocycles. The van der Waals surface area contributed by atoms with Crippen molar-refractivity contribution in [3.8, 4) is 11.3 Å². The minimum absolute atomic E-state index is 0.218. The third-order valence-electron chi connectivity index (χ3n) is 5.35. The lowest BCUT2D eigenvalue weighted by molar-refractivity contribution is 0.0947. The summed E-state index contributed by atoms with van der Waals surface area (Å²) in [6.45, 7) is 1.47. The Morgan fingerprint density at radius 2 is 1.70 bits per heavy atom. The van der Waals surface area contributed by atoms with Gasteiger partial charge >= 0.3 is 0 Å². The molecule has 0 spiro atoms. The second kappa shape index (κ2) is 9.26. The van der Waals surface area contributed by atoms with Gasteiger partial charge in [0.15, 0.2) is 5.69 Å². The maximum Gasteiger partial charge on any atom is 0.272 e. The van der Waals surface area contributed by atoms with Crippen LogP contribution in [0.5, 0.6) is 0 Å². The number of benzene rings is 3. The van der Waals surface area contributed by atoms with Crippen molar-refractivity contribution >= 4 is 28.4 Å². The standard InChI is InChI=1S/C25H21ClN6O/c26-20-12-10-18(11-13-20)16-32-23-9-5-4-8-21(23)24(29-32)25(33)27-14-15-31-17-22(28-30-31)19-6-2-1-3-7-19/h1-13,17H,14-16H2,(H,27,33). The average Bonchev–Trinajstić information content (AvgIpc) is 3.47. The fourth-order valence-electron chi connectivity index (χ4n) is 3.69. The monoisotopic (exact) mass is 456 g/mol. The van der Waals surface area contributed by atoms with Gasteiger partial charge in [-0.2, -0.15) is 5.10 Å². The van der Waals surface area contributed by atoms with Gasteiger partial charge in [-0.1, -0.05) is 77.5 Å². The van der Waals surface area contributed by atoms with Gasteiger partial charge in [0.1, 0.15) is 5.69 Å². The Hall–Kier alpha value is -3.97. The van der Waals surface area contributed by atoms with Gasteiger partial charge in [-0.3, -0.25) is 14.2 Å². The highest BCUT2D eigenvalue weighted by molar-refractivity contribution is 6.30. The molecule has 0 saturated carbocycles. The molecule has 0 unspecified atom stereocenters. The molecule has 0 atom stereocenters. The molecule has 0 bridgehead atoms. The molecule has 2 heterocycles. The third-order valence-corrected chi connectivity index (χ3v) is 5.61. The van der Waals surface area contributed by atoms with Crippen molar-refractivity contribution in [3.63, 3.8) is 0 Å². The maximum absolute atomic E-state index is 12.9. The normalized spacial score (nSPS) is 11.1. The van der Waals surface area contributed by atoms with Crippen LogP contribution in [0.2, 0.25) is 5.02 Å². The Morgan fingerprint density at radius 3 is 2.52 bits per heavy atom. The first-order chi connectivity index (χ1) is 16.2. The van der Waals surface area contributed by atoms with Crippen LogP contribution < -0.4 is 5.32 Å². The number of hydrogen-bond donors (Lipinski definition) is 1. The van der Waals surface area contributed by atoms with Gasteiger partial charge in [-0.15, -0.1) is 5.10 Å². The van der Waals surface area contributed by atoms with E-state index in [1.165, 1.54) is 0 Å². The molecule has 3 aromatic carbocycles. The molecule has 5 rings (SSSR count). The average molecular weight is 457 g/mol. The van der Waals surface area contributed by atoms with E-state index in [4.69, 9.17) is 11.6 Å². The molecule has 2 aromatic heterocycles. The van der Waals surface area contributed by atoms with E-state index in [-0.39, 0.29) is 5.91 Å². The molecular weight excluding hydrogens is 436 g/mol. The van der Waals surface area contributed by atoms with Gasteiger partial charge in [-0.25, -0.2) is 0 Å². The van der Waals surface area contributed by atoms with Crippen molar-refractivity contribution in [2.45, 2.75) is 13.1 Å². The number of aromatic nitrogens is 5. The van der Waals surface area contributed by atoms with Crippen molar-refractivity contribution < 1.29 is 4.79 Å². The molecule has 7 nitrogen and oxygen atoms in total. The second-order valence-electron chi connectivity index (χ2n) is 7.64. The second-order valence-corrected chi connectivity index (χ2v) is 8.08. The number of fused-ring (bicyclic) bond motifs is 1. The minimum Gasteiger partial charge on any atom is -0.349 e. The Balaban J connectivity index is 1.28. The Kier molecular flexibility index (Phi) is 5.87. The number of carbonyl (C=O) groups excluding carboxylic acids is 1. The van der Waals surface area contributed by atoms with Crippen molar-refractivity contribution in [1.29, 1.82) is 0 Å². The molecule has 5 aromatic rings. The van der Waals surface area contributed by atoms with Crippen LogP contribution in [0.15, 0.2) is 85.1 Å². The molecule has 1 amide bonds. The topological polar surface area (TPSA) is 77.6 Å². The Labute approximate surface area is 195 Å². The number of hydrogen-bond acceptors (Lipinski definition) is 4. The summed E-state index contributed by atoms with van der Waals surface area (Å²) >= 11 is 6.00. The van der Waals surface area contributed by atoms with E-state index < -0.39 is 0 Å². The van der Waals surface area contributed by atoms with E-state index in [0.717, 1.165) is 27.7 Å². The molecule has 0 aliphatic heterocycles. The van der Waals surface area contributed by atoms with Crippen LogP contribution in [0.4, 0.5) is 0 Å². The molecule has 33 heavy (non-hydrogen) atoms. The first-order valence-corrected chi connectivity index (χ1v) is 11.0. The van der Waals surface area contributed by atoms with Gasteiger partial charge in [0.05, 0.1) is 24.8 Å². The minimum atomic E-state index is -0.218. The van der Waals surface area contributed by atoms with E-state index in [9.17, 15) is 4.79 Å². The van der Waals surface area contributed by atoms with Crippen molar-refractivity contribution in [3.05, 3.63) is 101 Å². The van der Waals surface area contributed by atoms with E-state index in [1.54, 1.807) is 4.68 Å². The Bertz CT molecular complexity index is 1390. The molecule has 164 valence electrons. The molecule has 0 aliphatic rings. The van der Waals surface area contributed by atoms with E-state index in [1.807, 2.05) is 89.7 Å². The van der Waals surface area contributed by atoms with Gasteiger partial charge in [0.2, 0.25) is 0 Å². The number of nitrogens with zero attached hydrogens (tertiary/aromatic N) is 5. The zero-order valence-electron chi connectivity index (χ0n) is 17.7. The largest absolute Gasteiger partial charge is 0.349 e. The van der Waals surface area contributed by atoms with Crippen LogP contribution in [0, 0.1) is 0 Å². The predicted molar refractivity (Wildman–Crippen MR) is 128 cm³/mol. The maximum atomic E-state index is 12.9. The van der Waals surface area contributed by atoms with Crippen LogP contribution in [-0.4, -0.2) is 37.2 Å². The van der Waals surface area contributed by atoms with Gasteiger partial charge < -0.3 is 5.32 Å². The zero-order chi connectivity index (χ0) is 22.6. The fourth-order valence-corrected chi connectivity index (χ4v) is 3.82. The first kappa shape index (κ1) is 20.9. The third kappa shape index (κ3) is 4.63. The van der Waals surface area contributed by atoms with Crippen molar-refractivity contribution in [2.75, 3.05) is 6.54 Å². The van der Waals surface area contributed by atoms with E-state index >= 15 is 0 Å². The lowest BCUT2D eigenvalue weighted by Crippen LogP contribution is -2.28. The van der Waals surface area contributed by atoms with Crippen LogP contribution in [-0.2, 0) is 13.1 Å². The van der Waals surface area contributed by atoms with Gasteiger partial charge in [-0.05, 0) is 23.8 Å². The molecular formula is C25H21ClN6O. The lowest BCUT2D eigenvalue weighted by Gasteiger charge is -2.04. The van der Waals surface area contributed by atoms with Crippen LogP contribution >= 0.6 is 11.6 Å². The Morgan fingerprint density at radius 1 is 0.939 bits per heavy atom. The predicted octanol–water partition coefficient (Wildman–Crippen LogP) is 4.43. The molecule has 0 radical (unpaired) electrons. The fraction of sp³-hybridized carbons (Fsp3) is 0.120. The molecule has 1 N–H and O–H groups in total. The molecule has 0 fully saturated rings. The summed E-state index contributed by atoms with van der Waals surface area (Å²) in [5.41, 5.74) is 4.17. The summed E-state index contributed by atoms with van der Waals surface area (Å²) in [4.78, 5) is 12.9. The number of rotatable bonds is 7. The van der Waals surface area contributed by atoms with Crippen LogP contribution in [0.25, 0.3) is 22.2 Å². The quantitative estimate of drug-likeness (QED) is 0.393. The smallest absolute Gasteiger partial charge is 0.272 e. The highest BCUT2D eigenvalue weighted by atomic mass is 35.5. The van der Waals surface area contributed by atoms with Gasteiger partial charge in [0, 0.05) is 22.5 Å². The van der Waals surface area contributed by atoms with Crippen molar-refractivity contribution in [2.24, 2.45) is 0 Å². The lowest BCUT2D eigenvalue weighted by atomic mass is 10.2. The number of nitrogens with one attached hydrogen (secondary N) is 1. The van der Waals surface area contributed by atoms with E-state index in [0.29, 0.717) is 30.4 Å². The summed E-state index contributed by atoms with van der Waals surface area (Å²) in [6.07, 6.45) is 1.87. The van der Waals surface area contributed by atoms with Gasteiger partial charge in [0.25, 0.3) is 5.91 Å². The first-order valence-electron chi connectivity index (χ1n) is 10.6. The summed E-state index contributed by atoms with van der Waals surface area (Å²) in [6, 6.07) is 25.2.